The molecule has 0 bridgehead atoms. The van der Waals surface area contributed by atoms with Crippen LogP contribution < -0.4 is 11.1 Å². The first kappa shape index (κ1) is 16.5. The molecule has 0 aliphatic heterocycles. The van der Waals surface area contributed by atoms with Crippen LogP contribution in [0.4, 0.5) is 10.8 Å². The summed E-state index contributed by atoms with van der Waals surface area (Å²) >= 11 is 8.40. The smallest absolute Gasteiger partial charge is 0.337 e. The van der Waals surface area contributed by atoms with Crippen LogP contribution in [0.15, 0.2) is 22.5 Å². The normalized spacial score (nSPS) is 10.4. The second-order valence-corrected chi connectivity index (χ2v) is 6.81. The van der Waals surface area contributed by atoms with Crippen LogP contribution in [0.1, 0.15) is 16.8 Å². The molecule has 0 aliphatic carbocycles. The number of hydrogen-bond donors (Lipinski definition) is 3. The number of amides is 1. The van der Waals surface area contributed by atoms with Gasteiger partial charge in [0.25, 0.3) is 0 Å². The fraction of sp³-hybridized carbons (Fsp3) is 0.167. The summed E-state index contributed by atoms with van der Waals surface area (Å²) < 4.78 is 0.699. The maximum Gasteiger partial charge on any atom is 0.337 e. The maximum absolute atomic E-state index is 11.8. The first-order valence-electron chi connectivity index (χ1n) is 6.00. The quantitative estimate of drug-likeness (QED) is 0.679. The van der Waals surface area contributed by atoms with Crippen molar-refractivity contribution in [3.63, 3.8) is 0 Å². The molecule has 0 spiro atoms. The van der Waals surface area contributed by atoms with Gasteiger partial charge in [0, 0.05) is 17.9 Å². The van der Waals surface area contributed by atoms with Gasteiger partial charge in [-0.2, -0.15) is 0 Å². The number of nitrogens with two attached hydrogens (primary N) is 1. The van der Waals surface area contributed by atoms with Crippen molar-refractivity contribution < 1.29 is 14.7 Å². The van der Waals surface area contributed by atoms with Gasteiger partial charge in [0.05, 0.1) is 10.6 Å². The van der Waals surface area contributed by atoms with E-state index in [1.165, 1.54) is 35.2 Å². The van der Waals surface area contributed by atoms with Crippen LogP contribution in [-0.4, -0.2) is 32.9 Å². The third kappa shape index (κ3) is 4.58. The molecule has 1 heterocycles. The van der Waals surface area contributed by atoms with Crippen molar-refractivity contribution >= 4 is 57.4 Å². The Hall–Kier alpha value is -1.84. The number of aromatic carboxylic acids is 1. The molecule has 0 saturated heterocycles. The first-order valence-corrected chi connectivity index (χ1v) is 8.18. The molecule has 1 aromatic carbocycles. The lowest BCUT2D eigenvalue weighted by Crippen LogP contribution is -2.12. The van der Waals surface area contributed by atoms with E-state index < -0.39 is 5.97 Å². The Morgan fingerprint density at radius 3 is 2.82 bits per heavy atom. The van der Waals surface area contributed by atoms with Gasteiger partial charge in [-0.05, 0) is 18.2 Å². The van der Waals surface area contributed by atoms with Crippen LogP contribution in [-0.2, 0) is 4.79 Å². The minimum atomic E-state index is -1.15. The molecule has 2 rings (SSSR count). The van der Waals surface area contributed by atoms with Crippen molar-refractivity contribution in [3.8, 4) is 0 Å². The topological polar surface area (TPSA) is 118 Å². The molecule has 116 valence electrons. The standard InChI is InChI=1S/C12H11ClN4O3S2/c13-8-2-1-6(5-7(8)10(19)20)15-9(18)3-4-21-12-17-16-11(14)22-12/h1-2,5H,3-4H2,(H2,14,16)(H,15,18)(H,19,20). The lowest BCUT2D eigenvalue weighted by Gasteiger charge is -2.06. The van der Waals surface area contributed by atoms with E-state index in [2.05, 4.69) is 15.5 Å². The third-order valence-electron chi connectivity index (χ3n) is 2.46. The summed E-state index contributed by atoms with van der Waals surface area (Å²) in [6.45, 7) is 0. The summed E-state index contributed by atoms with van der Waals surface area (Å²) in [5.41, 5.74) is 5.79. The second kappa shape index (κ2) is 7.43. The number of carbonyl (C=O) groups excluding carboxylic acids is 1. The van der Waals surface area contributed by atoms with E-state index in [4.69, 9.17) is 22.4 Å². The molecule has 0 atom stereocenters. The van der Waals surface area contributed by atoms with E-state index in [1.807, 2.05) is 0 Å². The van der Waals surface area contributed by atoms with Gasteiger partial charge < -0.3 is 16.2 Å². The number of carboxylic acids is 1. The summed E-state index contributed by atoms with van der Waals surface area (Å²) in [4.78, 5) is 22.8. The Labute approximate surface area is 138 Å². The number of thioether (sulfide) groups is 1. The number of benzene rings is 1. The zero-order chi connectivity index (χ0) is 16.1. The highest BCUT2D eigenvalue weighted by Gasteiger charge is 2.11. The number of carbonyl (C=O) groups is 2. The highest BCUT2D eigenvalue weighted by atomic mass is 35.5. The summed E-state index contributed by atoms with van der Waals surface area (Å²) in [5, 5.41) is 19.6. The monoisotopic (exact) mass is 358 g/mol. The van der Waals surface area contributed by atoms with E-state index in [0.717, 1.165) is 0 Å². The van der Waals surface area contributed by atoms with Gasteiger partial charge in [0.15, 0.2) is 4.34 Å². The fourth-order valence-corrected chi connectivity index (χ4v) is 3.34. The second-order valence-electron chi connectivity index (χ2n) is 4.05. The van der Waals surface area contributed by atoms with Crippen LogP contribution in [0.2, 0.25) is 5.02 Å². The third-order valence-corrected chi connectivity index (χ3v) is 4.67. The highest BCUT2D eigenvalue weighted by Crippen LogP contribution is 2.24. The number of carboxylic acid groups (broad SMARTS) is 1. The number of aromatic nitrogens is 2. The number of nitrogen functional groups attached to an aromatic ring is 1. The number of nitrogens with zero attached hydrogens (tertiary/aromatic N) is 2. The molecular formula is C12H11ClN4O3S2. The zero-order valence-corrected chi connectivity index (χ0v) is 13.5. The first-order chi connectivity index (χ1) is 10.5. The van der Waals surface area contributed by atoms with Crippen molar-refractivity contribution in [3.05, 3.63) is 28.8 Å². The van der Waals surface area contributed by atoms with E-state index in [-0.39, 0.29) is 22.9 Å². The van der Waals surface area contributed by atoms with Gasteiger partial charge in [-0.1, -0.05) is 34.7 Å². The Morgan fingerprint density at radius 2 is 2.18 bits per heavy atom. The number of anilines is 2. The Morgan fingerprint density at radius 1 is 1.41 bits per heavy atom. The van der Waals surface area contributed by atoms with Crippen molar-refractivity contribution in [1.82, 2.24) is 10.2 Å². The van der Waals surface area contributed by atoms with Crippen molar-refractivity contribution in [2.24, 2.45) is 0 Å². The van der Waals surface area contributed by atoms with E-state index in [0.29, 0.717) is 20.9 Å². The number of rotatable bonds is 6. The minimum Gasteiger partial charge on any atom is -0.478 e. The fourth-order valence-electron chi connectivity index (χ4n) is 1.50. The summed E-state index contributed by atoms with van der Waals surface area (Å²) in [6.07, 6.45) is 0.245. The van der Waals surface area contributed by atoms with Crippen molar-refractivity contribution in [2.45, 2.75) is 10.8 Å². The molecule has 1 amide bonds. The molecule has 0 aliphatic rings. The SMILES string of the molecule is Nc1nnc(SCCC(=O)Nc2ccc(Cl)c(C(=O)O)c2)s1. The van der Waals surface area contributed by atoms with Gasteiger partial charge >= 0.3 is 5.97 Å². The van der Waals surface area contributed by atoms with Crippen molar-refractivity contribution in [1.29, 1.82) is 0 Å². The number of halogens is 1. The van der Waals surface area contributed by atoms with Crippen LogP contribution in [0.3, 0.4) is 0 Å². The van der Waals surface area contributed by atoms with Crippen LogP contribution in [0, 0.1) is 0 Å². The van der Waals surface area contributed by atoms with Gasteiger partial charge in [0.1, 0.15) is 0 Å². The highest BCUT2D eigenvalue weighted by molar-refractivity contribution is 8.01. The molecule has 0 saturated carbocycles. The molecule has 4 N–H and O–H groups in total. The van der Waals surface area contributed by atoms with Crippen LogP contribution in [0.25, 0.3) is 0 Å². The molecule has 0 fully saturated rings. The summed E-state index contributed by atoms with van der Waals surface area (Å²) in [5.74, 6) is -0.867. The molecule has 10 heteroatoms. The summed E-state index contributed by atoms with van der Waals surface area (Å²) in [6, 6.07) is 4.30. The van der Waals surface area contributed by atoms with Gasteiger partial charge in [-0.25, -0.2) is 4.79 Å². The Bertz CT molecular complexity index is 707. The Balaban J connectivity index is 1.86. The van der Waals surface area contributed by atoms with Crippen LogP contribution in [0.5, 0.6) is 0 Å². The molecular weight excluding hydrogens is 348 g/mol. The van der Waals surface area contributed by atoms with Gasteiger partial charge in [-0.3, -0.25) is 4.79 Å². The minimum absolute atomic E-state index is 0.0572. The van der Waals surface area contributed by atoms with Crippen LogP contribution >= 0.6 is 34.7 Å². The molecule has 7 nitrogen and oxygen atoms in total. The molecule has 0 radical (unpaired) electrons. The predicted molar refractivity (Wildman–Crippen MR) is 86.7 cm³/mol. The summed E-state index contributed by atoms with van der Waals surface area (Å²) in [7, 11) is 0. The lowest BCUT2D eigenvalue weighted by molar-refractivity contribution is -0.115. The molecule has 22 heavy (non-hydrogen) atoms. The van der Waals surface area contributed by atoms with Gasteiger partial charge in [0.2, 0.25) is 11.0 Å². The number of nitrogens with one attached hydrogen (secondary N) is 1. The average Bonchev–Trinajstić information content (AvgIpc) is 2.86. The largest absolute Gasteiger partial charge is 0.478 e. The average molecular weight is 359 g/mol. The van der Waals surface area contributed by atoms with E-state index >= 15 is 0 Å². The lowest BCUT2D eigenvalue weighted by atomic mass is 10.2. The van der Waals surface area contributed by atoms with Crippen molar-refractivity contribution in [2.75, 3.05) is 16.8 Å². The molecule has 2 aromatic rings. The van der Waals surface area contributed by atoms with E-state index in [1.54, 1.807) is 6.07 Å². The zero-order valence-electron chi connectivity index (χ0n) is 11.1. The predicted octanol–water partition coefficient (Wildman–Crippen LogP) is 2.59. The molecule has 0 unspecified atom stereocenters. The maximum atomic E-state index is 11.8. The van der Waals surface area contributed by atoms with Gasteiger partial charge in [-0.15, -0.1) is 10.2 Å². The van der Waals surface area contributed by atoms with E-state index in [9.17, 15) is 9.59 Å². The number of hydrogen-bond acceptors (Lipinski definition) is 7. The Kier molecular flexibility index (Phi) is 5.58. The molecule has 1 aromatic heterocycles.